The summed E-state index contributed by atoms with van der Waals surface area (Å²) in [4.78, 5) is 15.9. The third-order valence-electron chi connectivity index (χ3n) is 2.64. The molecule has 0 aliphatic carbocycles. The number of hydrogen-bond donors (Lipinski definition) is 2. The standard InChI is InChI=1S/C12H19N3O/c1-8(2)9(3)15-12(16)10-5-6-11(13-4)14-7-10/h5-9H,1-4H3,(H,13,14)(H,15,16). The van der Waals surface area contributed by atoms with Gasteiger partial charge in [0.15, 0.2) is 0 Å². The van der Waals surface area contributed by atoms with E-state index in [0.29, 0.717) is 11.5 Å². The zero-order valence-electron chi connectivity index (χ0n) is 10.2. The van der Waals surface area contributed by atoms with Crippen molar-refractivity contribution in [2.24, 2.45) is 5.92 Å². The minimum absolute atomic E-state index is 0.0728. The fraction of sp³-hybridized carbons (Fsp3) is 0.500. The molecule has 0 saturated carbocycles. The minimum Gasteiger partial charge on any atom is -0.373 e. The monoisotopic (exact) mass is 221 g/mol. The summed E-state index contributed by atoms with van der Waals surface area (Å²) in [6, 6.07) is 3.72. The van der Waals surface area contributed by atoms with Crippen molar-refractivity contribution in [3.05, 3.63) is 23.9 Å². The molecule has 4 nitrogen and oxygen atoms in total. The van der Waals surface area contributed by atoms with Gasteiger partial charge >= 0.3 is 0 Å². The van der Waals surface area contributed by atoms with Crippen molar-refractivity contribution < 1.29 is 4.79 Å². The maximum absolute atomic E-state index is 11.8. The molecular formula is C12H19N3O. The second-order valence-corrected chi connectivity index (χ2v) is 4.19. The van der Waals surface area contributed by atoms with Crippen LogP contribution in [0.2, 0.25) is 0 Å². The Morgan fingerprint density at radius 2 is 2.00 bits per heavy atom. The van der Waals surface area contributed by atoms with Crippen LogP contribution in [0.5, 0.6) is 0 Å². The average Bonchev–Trinajstić information content (AvgIpc) is 2.28. The summed E-state index contributed by atoms with van der Waals surface area (Å²) in [5.74, 6) is 1.11. The zero-order chi connectivity index (χ0) is 12.1. The number of nitrogens with zero attached hydrogens (tertiary/aromatic N) is 1. The Morgan fingerprint density at radius 3 is 2.44 bits per heavy atom. The molecule has 1 atom stereocenters. The van der Waals surface area contributed by atoms with Gasteiger partial charge in [-0.2, -0.15) is 0 Å². The molecule has 4 heteroatoms. The minimum atomic E-state index is -0.0728. The average molecular weight is 221 g/mol. The number of aromatic nitrogens is 1. The van der Waals surface area contributed by atoms with Gasteiger partial charge in [0.1, 0.15) is 5.82 Å². The van der Waals surface area contributed by atoms with Crippen molar-refractivity contribution in [2.45, 2.75) is 26.8 Å². The lowest BCUT2D eigenvalue weighted by atomic mass is 10.1. The molecular weight excluding hydrogens is 202 g/mol. The van der Waals surface area contributed by atoms with Crippen molar-refractivity contribution >= 4 is 11.7 Å². The van der Waals surface area contributed by atoms with Crippen LogP contribution in [-0.2, 0) is 0 Å². The summed E-state index contributed by atoms with van der Waals surface area (Å²) in [5.41, 5.74) is 0.589. The van der Waals surface area contributed by atoms with Gasteiger partial charge in [0.2, 0.25) is 0 Å². The Morgan fingerprint density at radius 1 is 1.31 bits per heavy atom. The van der Waals surface area contributed by atoms with E-state index in [9.17, 15) is 4.79 Å². The Labute approximate surface area is 96.5 Å². The smallest absolute Gasteiger partial charge is 0.253 e. The predicted octanol–water partition coefficient (Wildman–Crippen LogP) is 1.90. The SMILES string of the molecule is CNc1ccc(C(=O)NC(C)C(C)C)cn1. The van der Waals surface area contributed by atoms with Gasteiger partial charge in [-0.25, -0.2) is 4.98 Å². The number of pyridine rings is 1. The van der Waals surface area contributed by atoms with E-state index in [2.05, 4.69) is 29.5 Å². The van der Waals surface area contributed by atoms with Crippen LogP contribution in [0.3, 0.4) is 0 Å². The van der Waals surface area contributed by atoms with Crippen LogP contribution < -0.4 is 10.6 Å². The van der Waals surface area contributed by atoms with Gasteiger partial charge in [-0.15, -0.1) is 0 Å². The van der Waals surface area contributed by atoms with Crippen molar-refractivity contribution in [2.75, 3.05) is 12.4 Å². The number of carbonyl (C=O) groups excluding carboxylic acids is 1. The van der Waals surface area contributed by atoms with E-state index in [4.69, 9.17) is 0 Å². The van der Waals surface area contributed by atoms with E-state index in [-0.39, 0.29) is 11.9 Å². The van der Waals surface area contributed by atoms with E-state index < -0.39 is 0 Å². The Bertz CT molecular complexity index is 346. The van der Waals surface area contributed by atoms with Crippen molar-refractivity contribution in [3.8, 4) is 0 Å². The molecule has 0 spiro atoms. The zero-order valence-corrected chi connectivity index (χ0v) is 10.2. The number of anilines is 1. The molecule has 2 N–H and O–H groups in total. The molecule has 0 aliphatic heterocycles. The van der Waals surface area contributed by atoms with Crippen molar-refractivity contribution in [3.63, 3.8) is 0 Å². The van der Waals surface area contributed by atoms with Crippen molar-refractivity contribution in [1.29, 1.82) is 0 Å². The topological polar surface area (TPSA) is 54.0 Å². The fourth-order valence-corrected chi connectivity index (χ4v) is 1.13. The van der Waals surface area contributed by atoms with Gasteiger partial charge in [0.05, 0.1) is 5.56 Å². The maximum Gasteiger partial charge on any atom is 0.253 e. The second-order valence-electron chi connectivity index (χ2n) is 4.19. The Kier molecular flexibility index (Phi) is 4.28. The van der Waals surface area contributed by atoms with Gasteiger partial charge in [-0.05, 0) is 25.0 Å². The highest BCUT2D eigenvalue weighted by Crippen LogP contribution is 2.06. The largest absolute Gasteiger partial charge is 0.373 e. The van der Waals surface area contributed by atoms with Crippen LogP contribution in [0.4, 0.5) is 5.82 Å². The first-order chi connectivity index (χ1) is 7.54. The van der Waals surface area contributed by atoms with Gasteiger partial charge in [0.25, 0.3) is 5.91 Å². The van der Waals surface area contributed by atoms with Crippen LogP contribution in [0.25, 0.3) is 0 Å². The summed E-state index contributed by atoms with van der Waals surface area (Å²) in [7, 11) is 1.79. The molecule has 1 heterocycles. The molecule has 88 valence electrons. The third-order valence-corrected chi connectivity index (χ3v) is 2.64. The quantitative estimate of drug-likeness (QED) is 0.816. The number of hydrogen-bond acceptors (Lipinski definition) is 3. The lowest BCUT2D eigenvalue weighted by Crippen LogP contribution is -2.36. The molecule has 0 saturated heterocycles. The van der Waals surface area contributed by atoms with Crippen molar-refractivity contribution in [1.82, 2.24) is 10.3 Å². The normalized spacial score (nSPS) is 12.3. The summed E-state index contributed by atoms with van der Waals surface area (Å²) < 4.78 is 0. The first-order valence-electron chi connectivity index (χ1n) is 5.49. The summed E-state index contributed by atoms with van der Waals surface area (Å²) >= 11 is 0. The number of rotatable bonds is 4. The number of carbonyl (C=O) groups is 1. The molecule has 1 amide bonds. The van der Waals surface area contributed by atoms with Gasteiger partial charge < -0.3 is 10.6 Å². The van der Waals surface area contributed by atoms with Crippen LogP contribution >= 0.6 is 0 Å². The predicted molar refractivity (Wildman–Crippen MR) is 65.5 cm³/mol. The molecule has 0 aromatic carbocycles. The van der Waals surface area contributed by atoms with E-state index in [1.54, 1.807) is 25.4 Å². The molecule has 0 radical (unpaired) electrons. The molecule has 1 rings (SSSR count). The lowest BCUT2D eigenvalue weighted by molar-refractivity contribution is 0.0930. The molecule has 1 aromatic heterocycles. The molecule has 0 bridgehead atoms. The number of nitrogens with one attached hydrogen (secondary N) is 2. The Hall–Kier alpha value is -1.58. The molecule has 0 aliphatic rings. The third kappa shape index (κ3) is 3.22. The number of amides is 1. The fourth-order valence-electron chi connectivity index (χ4n) is 1.13. The van der Waals surface area contributed by atoms with Crippen LogP contribution in [0.15, 0.2) is 18.3 Å². The van der Waals surface area contributed by atoms with Gasteiger partial charge in [-0.1, -0.05) is 13.8 Å². The van der Waals surface area contributed by atoms with Crippen LogP contribution in [-0.4, -0.2) is 24.0 Å². The Balaban J connectivity index is 2.66. The highest BCUT2D eigenvalue weighted by molar-refractivity contribution is 5.94. The molecule has 1 unspecified atom stereocenters. The molecule has 16 heavy (non-hydrogen) atoms. The van der Waals surface area contributed by atoms with Gasteiger partial charge in [-0.3, -0.25) is 4.79 Å². The highest BCUT2D eigenvalue weighted by Gasteiger charge is 2.12. The maximum atomic E-state index is 11.8. The van der Waals surface area contributed by atoms with Crippen LogP contribution in [0.1, 0.15) is 31.1 Å². The highest BCUT2D eigenvalue weighted by atomic mass is 16.1. The van der Waals surface area contributed by atoms with E-state index in [1.165, 1.54) is 0 Å². The van der Waals surface area contributed by atoms with E-state index in [1.807, 2.05) is 6.92 Å². The summed E-state index contributed by atoms with van der Waals surface area (Å²) in [6.45, 7) is 6.15. The summed E-state index contributed by atoms with van der Waals surface area (Å²) in [5, 5.41) is 5.84. The molecule has 1 aromatic rings. The molecule has 0 fully saturated rings. The summed E-state index contributed by atoms with van der Waals surface area (Å²) in [6.07, 6.45) is 1.58. The van der Waals surface area contributed by atoms with Crippen LogP contribution in [0, 0.1) is 5.92 Å². The van der Waals surface area contributed by atoms with Gasteiger partial charge in [0, 0.05) is 19.3 Å². The van der Waals surface area contributed by atoms with E-state index >= 15 is 0 Å². The first-order valence-corrected chi connectivity index (χ1v) is 5.49. The second kappa shape index (κ2) is 5.49. The lowest BCUT2D eigenvalue weighted by Gasteiger charge is -2.17. The first kappa shape index (κ1) is 12.5. The van der Waals surface area contributed by atoms with E-state index in [0.717, 1.165) is 5.82 Å².